The molecule has 27 heavy (non-hydrogen) atoms. The number of carbonyl (C=O) groups excluding carboxylic acids is 1. The van der Waals surface area contributed by atoms with Crippen molar-refractivity contribution >= 4 is 40.1 Å². The Labute approximate surface area is 164 Å². The first-order valence-electron chi connectivity index (χ1n) is 8.48. The minimum Gasteiger partial charge on any atom is -0.349 e. The summed E-state index contributed by atoms with van der Waals surface area (Å²) in [7, 11) is 0. The molecule has 3 heterocycles. The van der Waals surface area contributed by atoms with Crippen LogP contribution in [-0.2, 0) is 12.8 Å². The summed E-state index contributed by atoms with van der Waals surface area (Å²) in [6.45, 7) is 0. The summed E-state index contributed by atoms with van der Waals surface area (Å²) < 4.78 is 0. The van der Waals surface area contributed by atoms with Gasteiger partial charge in [-0.1, -0.05) is 6.07 Å². The van der Waals surface area contributed by atoms with Gasteiger partial charge in [-0.2, -0.15) is 0 Å². The number of aromatic nitrogens is 4. The number of nitrogens with one attached hydrogen (secondary N) is 2. The van der Waals surface area contributed by atoms with Crippen molar-refractivity contribution in [3.8, 4) is 10.6 Å². The average molecular weight is 398 g/mol. The molecule has 0 saturated carbocycles. The fourth-order valence-electron chi connectivity index (χ4n) is 2.93. The van der Waals surface area contributed by atoms with Crippen LogP contribution in [0, 0.1) is 0 Å². The smallest absolute Gasteiger partial charge is 0.265 e. The molecule has 4 rings (SSSR count). The first-order valence-corrected chi connectivity index (χ1v) is 9.74. The van der Waals surface area contributed by atoms with Crippen molar-refractivity contribution < 1.29 is 4.79 Å². The predicted molar refractivity (Wildman–Crippen MR) is 107 cm³/mol. The van der Waals surface area contributed by atoms with Crippen LogP contribution in [0.2, 0.25) is 0 Å². The highest BCUT2D eigenvalue weighted by Gasteiger charge is 2.14. The van der Waals surface area contributed by atoms with Gasteiger partial charge < -0.3 is 4.98 Å². The number of amides is 1. The van der Waals surface area contributed by atoms with Gasteiger partial charge in [0.25, 0.3) is 5.91 Å². The largest absolute Gasteiger partial charge is 0.349 e. The lowest BCUT2D eigenvalue weighted by atomic mass is 10.1. The molecule has 0 unspecified atom stereocenters. The molecule has 0 fully saturated rings. The van der Waals surface area contributed by atoms with Crippen LogP contribution in [0.3, 0.4) is 0 Å². The van der Waals surface area contributed by atoms with Gasteiger partial charge in [-0.3, -0.25) is 9.63 Å². The van der Waals surface area contributed by atoms with Crippen LogP contribution in [0.25, 0.3) is 21.6 Å². The number of benzene rings is 1. The van der Waals surface area contributed by atoms with Crippen LogP contribution in [0.15, 0.2) is 48.1 Å². The number of aromatic amines is 1. The van der Waals surface area contributed by atoms with Crippen molar-refractivity contribution in [2.75, 3.05) is 0 Å². The molecular formula is C19H16ClN5OS. The van der Waals surface area contributed by atoms with Crippen molar-refractivity contribution in [3.05, 3.63) is 65.2 Å². The van der Waals surface area contributed by atoms with E-state index >= 15 is 0 Å². The van der Waals surface area contributed by atoms with Gasteiger partial charge >= 0.3 is 0 Å². The number of H-pyrrole nitrogens is 1. The van der Waals surface area contributed by atoms with Crippen LogP contribution in [0.1, 0.15) is 28.3 Å². The summed E-state index contributed by atoms with van der Waals surface area (Å²) in [5, 5.41) is 2.02. The third-order valence-corrected chi connectivity index (χ3v) is 5.27. The van der Waals surface area contributed by atoms with E-state index in [0.717, 1.165) is 46.9 Å². The molecule has 0 radical (unpaired) electrons. The Kier molecular flexibility index (Phi) is 5.13. The molecule has 0 aliphatic rings. The van der Waals surface area contributed by atoms with Gasteiger partial charge in [-0.05, 0) is 42.5 Å². The summed E-state index contributed by atoms with van der Waals surface area (Å²) in [6, 6.07) is 9.25. The number of nitrogens with zero attached hydrogens (tertiary/aromatic N) is 3. The Morgan fingerprint density at radius 3 is 2.85 bits per heavy atom. The van der Waals surface area contributed by atoms with Crippen molar-refractivity contribution in [3.63, 3.8) is 0 Å². The molecule has 0 spiro atoms. The van der Waals surface area contributed by atoms with E-state index in [9.17, 15) is 4.79 Å². The number of halogens is 1. The molecule has 0 saturated heterocycles. The highest BCUT2D eigenvalue weighted by Crippen LogP contribution is 2.28. The Morgan fingerprint density at radius 1 is 1.19 bits per heavy atom. The second-order valence-electron chi connectivity index (χ2n) is 6.01. The van der Waals surface area contributed by atoms with E-state index in [1.54, 1.807) is 35.7 Å². The van der Waals surface area contributed by atoms with Crippen molar-refractivity contribution in [2.24, 2.45) is 0 Å². The SMILES string of the molecule is O=C(NCl)c1ccc2nc(CCCc3ncc[nH]3)c(-c3cccs3)nc2c1. The van der Waals surface area contributed by atoms with Crippen LogP contribution in [-0.4, -0.2) is 25.8 Å². The first kappa shape index (κ1) is 17.6. The monoisotopic (exact) mass is 397 g/mol. The molecule has 6 nitrogen and oxygen atoms in total. The van der Waals surface area contributed by atoms with Crippen LogP contribution < -0.4 is 4.84 Å². The topological polar surface area (TPSA) is 83.6 Å². The number of rotatable bonds is 6. The zero-order valence-corrected chi connectivity index (χ0v) is 15.8. The second kappa shape index (κ2) is 7.85. The van der Waals surface area contributed by atoms with Gasteiger partial charge in [-0.25, -0.2) is 15.0 Å². The predicted octanol–water partition coefficient (Wildman–Crippen LogP) is 4.14. The maximum absolute atomic E-state index is 11.8. The van der Waals surface area contributed by atoms with E-state index in [4.69, 9.17) is 21.7 Å². The van der Waals surface area contributed by atoms with Gasteiger partial charge in [0.15, 0.2) is 0 Å². The second-order valence-corrected chi connectivity index (χ2v) is 7.15. The maximum Gasteiger partial charge on any atom is 0.265 e. The molecular weight excluding hydrogens is 382 g/mol. The number of carbonyl (C=O) groups is 1. The zero-order valence-electron chi connectivity index (χ0n) is 14.3. The van der Waals surface area contributed by atoms with Crippen LogP contribution >= 0.6 is 23.1 Å². The molecule has 2 N–H and O–H groups in total. The molecule has 8 heteroatoms. The number of hydrogen-bond donors (Lipinski definition) is 2. The zero-order chi connectivity index (χ0) is 18.6. The lowest BCUT2D eigenvalue weighted by Gasteiger charge is -2.09. The lowest BCUT2D eigenvalue weighted by Crippen LogP contribution is -2.12. The fourth-order valence-corrected chi connectivity index (χ4v) is 3.77. The Morgan fingerprint density at radius 2 is 2.11 bits per heavy atom. The number of thiophene rings is 1. The van der Waals surface area contributed by atoms with Crippen molar-refractivity contribution in [1.29, 1.82) is 0 Å². The normalized spacial score (nSPS) is 11.0. The molecule has 0 aliphatic heterocycles. The molecule has 0 bridgehead atoms. The molecule has 4 aromatic rings. The minimum atomic E-state index is -0.361. The van der Waals surface area contributed by atoms with E-state index in [1.165, 1.54) is 0 Å². The molecule has 136 valence electrons. The molecule has 1 amide bonds. The summed E-state index contributed by atoms with van der Waals surface area (Å²) >= 11 is 7.06. The highest BCUT2D eigenvalue weighted by molar-refractivity contribution is 7.13. The first-order chi connectivity index (χ1) is 13.2. The molecule has 3 aromatic heterocycles. The van der Waals surface area contributed by atoms with E-state index < -0.39 is 0 Å². The van der Waals surface area contributed by atoms with E-state index in [2.05, 4.69) is 14.8 Å². The fraction of sp³-hybridized carbons (Fsp3) is 0.158. The van der Waals surface area contributed by atoms with Crippen LogP contribution in [0.5, 0.6) is 0 Å². The molecule has 0 atom stereocenters. The number of imidazole rings is 1. The van der Waals surface area contributed by atoms with Gasteiger partial charge in [0, 0.05) is 36.2 Å². The molecule has 1 aromatic carbocycles. The van der Waals surface area contributed by atoms with E-state index in [1.807, 2.05) is 23.7 Å². The third-order valence-electron chi connectivity index (χ3n) is 4.22. The van der Waals surface area contributed by atoms with Crippen molar-refractivity contribution in [2.45, 2.75) is 19.3 Å². The Hall–Kier alpha value is -2.77. The van der Waals surface area contributed by atoms with Crippen molar-refractivity contribution in [1.82, 2.24) is 24.8 Å². The Balaban J connectivity index is 1.69. The van der Waals surface area contributed by atoms with E-state index in [0.29, 0.717) is 11.1 Å². The summed E-state index contributed by atoms with van der Waals surface area (Å²) in [6.07, 6.45) is 6.15. The quantitative estimate of drug-likeness (QED) is 0.479. The summed E-state index contributed by atoms with van der Waals surface area (Å²) in [5.74, 6) is 0.610. The van der Waals surface area contributed by atoms with Gasteiger partial charge in [0.2, 0.25) is 0 Å². The minimum absolute atomic E-state index is 0.361. The maximum atomic E-state index is 11.8. The number of aryl methyl sites for hydroxylation is 2. The average Bonchev–Trinajstić information content (AvgIpc) is 3.40. The van der Waals surface area contributed by atoms with Gasteiger partial charge in [-0.15, -0.1) is 11.3 Å². The lowest BCUT2D eigenvalue weighted by molar-refractivity contribution is 0.0982. The van der Waals surface area contributed by atoms with Crippen LogP contribution in [0.4, 0.5) is 0 Å². The van der Waals surface area contributed by atoms with Gasteiger partial charge in [0.1, 0.15) is 11.5 Å². The Bertz CT molecular complexity index is 1060. The standard InChI is InChI=1S/C19H16ClN5OS/c20-25-19(26)12-6-7-13-15(11-12)24-18(16-4-2-10-27-16)14(23-13)3-1-5-17-21-8-9-22-17/h2,4,6-11H,1,3,5H2,(H,21,22)(H,25,26). The number of hydrogen-bond acceptors (Lipinski definition) is 5. The summed E-state index contributed by atoms with van der Waals surface area (Å²) in [4.78, 5) is 32.0. The third kappa shape index (κ3) is 3.84. The number of fused-ring (bicyclic) bond motifs is 1. The summed E-state index contributed by atoms with van der Waals surface area (Å²) in [5.41, 5.74) is 3.70. The highest BCUT2D eigenvalue weighted by atomic mass is 35.5. The molecule has 0 aliphatic carbocycles. The van der Waals surface area contributed by atoms with E-state index in [-0.39, 0.29) is 5.91 Å². The van der Waals surface area contributed by atoms with Gasteiger partial charge in [0.05, 0.1) is 21.6 Å².